The molecule has 2 N–H and O–H groups in total. The van der Waals surface area contributed by atoms with E-state index in [1.54, 1.807) is 30.3 Å². The number of rotatable bonds is 5. The largest absolute Gasteiger partial charge is 0.493 e. The van der Waals surface area contributed by atoms with Crippen LogP contribution in [0.3, 0.4) is 0 Å². The lowest BCUT2D eigenvalue weighted by atomic mass is 10.2. The van der Waals surface area contributed by atoms with E-state index in [0.717, 1.165) is 14.7 Å². The molecular formula is C18H16BrN3O3S. The van der Waals surface area contributed by atoms with Gasteiger partial charge in [-0.1, -0.05) is 11.3 Å². The number of anilines is 2. The van der Waals surface area contributed by atoms with E-state index in [-0.39, 0.29) is 11.8 Å². The molecule has 0 saturated heterocycles. The summed E-state index contributed by atoms with van der Waals surface area (Å²) < 4.78 is 7.04. The minimum absolute atomic E-state index is 0.136. The van der Waals surface area contributed by atoms with Crippen molar-refractivity contribution in [2.45, 2.75) is 13.8 Å². The molecule has 0 bridgehead atoms. The number of amides is 2. The highest BCUT2D eigenvalue weighted by molar-refractivity contribution is 9.10. The first kappa shape index (κ1) is 18.3. The summed E-state index contributed by atoms with van der Waals surface area (Å²) in [7, 11) is 0. The van der Waals surface area contributed by atoms with Gasteiger partial charge in [0.1, 0.15) is 5.75 Å². The van der Waals surface area contributed by atoms with E-state index in [4.69, 9.17) is 4.74 Å². The van der Waals surface area contributed by atoms with E-state index >= 15 is 0 Å². The monoisotopic (exact) mass is 433 g/mol. The van der Waals surface area contributed by atoms with Gasteiger partial charge >= 0.3 is 0 Å². The first-order valence-corrected chi connectivity index (χ1v) is 9.49. The van der Waals surface area contributed by atoms with E-state index in [2.05, 4.69) is 31.5 Å². The van der Waals surface area contributed by atoms with Crippen molar-refractivity contribution in [3.63, 3.8) is 0 Å². The summed E-state index contributed by atoms with van der Waals surface area (Å²) in [5.74, 6) is 0.299. The van der Waals surface area contributed by atoms with Gasteiger partial charge in [-0.15, -0.1) is 0 Å². The summed E-state index contributed by atoms with van der Waals surface area (Å²) in [5.41, 5.74) is 1.95. The van der Waals surface area contributed by atoms with E-state index in [0.29, 0.717) is 28.7 Å². The summed E-state index contributed by atoms with van der Waals surface area (Å²) in [6.45, 7) is 3.91. The van der Waals surface area contributed by atoms with E-state index in [9.17, 15) is 9.59 Å². The van der Waals surface area contributed by atoms with Crippen LogP contribution in [0.5, 0.6) is 5.75 Å². The molecule has 3 aromatic rings. The molecule has 0 aliphatic carbocycles. The predicted molar refractivity (Wildman–Crippen MR) is 107 cm³/mol. The third kappa shape index (κ3) is 4.20. The van der Waals surface area contributed by atoms with Gasteiger partial charge in [0.15, 0.2) is 5.13 Å². The van der Waals surface area contributed by atoms with E-state index in [1.165, 1.54) is 18.3 Å². The molecule has 0 atom stereocenters. The van der Waals surface area contributed by atoms with Crippen molar-refractivity contribution in [1.82, 2.24) is 4.98 Å². The second kappa shape index (κ2) is 7.84. The molecule has 2 aromatic carbocycles. The summed E-state index contributed by atoms with van der Waals surface area (Å²) in [6, 6.07) is 10.6. The minimum Gasteiger partial charge on any atom is -0.493 e. The first-order valence-electron chi connectivity index (χ1n) is 7.88. The number of thiazole rings is 1. The molecule has 0 saturated carbocycles. The number of nitrogens with one attached hydrogen (secondary N) is 2. The molecule has 6 nitrogen and oxygen atoms in total. The number of benzene rings is 2. The number of fused-ring (bicyclic) bond motifs is 1. The van der Waals surface area contributed by atoms with Crippen molar-refractivity contribution in [3.8, 4) is 5.75 Å². The molecule has 0 fully saturated rings. The van der Waals surface area contributed by atoms with Crippen LogP contribution < -0.4 is 15.4 Å². The maximum absolute atomic E-state index is 12.5. The smallest absolute Gasteiger partial charge is 0.257 e. The van der Waals surface area contributed by atoms with Crippen LogP contribution in [-0.4, -0.2) is 23.4 Å². The topological polar surface area (TPSA) is 80.3 Å². The van der Waals surface area contributed by atoms with Crippen LogP contribution in [0.4, 0.5) is 10.8 Å². The molecule has 1 aromatic heterocycles. The fourth-order valence-corrected chi connectivity index (χ4v) is 3.74. The van der Waals surface area contributed by atoms with Gasteiger partial charge in [-0.05, 0) is 59.3 Å². The van der Waals surface area contributed by atoms with Crippen LogP contribution in [0, 0.1) is 0 Å². The number of nitrogens with zero attached hydrogens (tertiary/aromatic N) is 1. The molecule has 3 rings (SSSR count). The van der Waals surface area contributed by atoms with Gasteiger partial charge in [0.2, 0.25) is 5.91 Å². The van der Waals surface area contributed by atoms with Gasteiger partial charge in [0, 0.05) is 18.2 Å². The quantitative estimate of drug-likeness (QED) is 0.612. The number of aromatic nitrogens is 1. The van der Waals surface area contributed by atoms with Crippen molar-refractivity contribution < 1.29 is 14.3 Å². The molecule has 0 aliphatic rings. The van der Waals surface area contributed by atoms with Gasteiger partial charge in [-0.3, -0.25) is 14.9 Å². The van der Waals surface area contributed by atoms with Crippen LogP contribution in [0.2, 0.25) is 0 Å². The Balaban J connectivity index is 1.78. The Morgan fingerprint density at radius 3 is 2.69 bits per heavy atom. The molecule has 26 heavy (non-hydrogen) atoms. The van der Waals surface area contributed by atoms with Gasteiger partial charge in [-0.2, -0.15) is 0 Å². The first-order chi connectivity index (χ1) is 12.5. The van der Waals surface area contributed by atoms with Crippen LogP contribution >= 0.6 is 27.3 Å². The summed E-state index contributed by atoms with van der Waals surface area (Å²) in [6.07, 6.45) is 0. The average Bonchev–Trinajstić information content (AvgIpc) is 2.97. The molecule has 8 heteroatoms. The zero-order valence-corrected chi connectivity index (χ0v) is 16.5. The molecular weight excluding hydrogens is 418 g/mol. The highest BCUT2D eigenvalue weighted by Gasteiger charge is 2.12. The van der Waals surface area contributed by atoms with E-state index in [1.807, 2.05) is 13.0 Å². The Hall–Kier alpha value is -2.45. The van der Waals surface area contributed by atoms with Crippen molar-refractivity contribution in [2.75, 3.05) is 17.2 Å². The lowest BCUT2D eigenvalue weighted by molar-refractivity contribution is -0.114. The van der Waals surface area contributed by atoms with Gasteiger partial charge in [-0.25, -0.2) is 4.98 Å². The number of hydrogen-bond donors (Lipinski definition) is 2. The molecule has 1 heterocycles. The molecule has 0 aliphatic heterocycles. The number of halogens is 1. The highest BCUT2D eigenvalue weighted by Crippen LogP contribution is 2.30. The number of ether oxygens (including phenoxy) is 1. The Morgan fingerprint density at radius 2 is 2.00 bits per heavy atom. The van der Waals surface area contributed by atoms with Crippen molar-refractivity contribution in [3.05, 3.63) is 46.4 Å². The van der Waals surface area contributed by atoms with Crippen molar-refractivity contribution >= 4 is 60.1 Å². The van der Waals surface area contributed by atoms with E-state index < -0.39 is 0 Å². The summed E-state index contributed by atoms with van der Waals surface area (Å²) >= 11 is 4.75. The minimum atomic E-state index is -0.255. The normalized spacial score (nSPS) is 10.6. The third-order valence-corrected chi connectivity index (χ3v) is 4.98. The Bertz CT molecular complexity index is 987. The lowest BCUT2D eigenvalue weighted by Gasteiger charge is -2.07. The zero-order valence-electron chi connectivity index (χ0n) is 14.1. The maximum Gasteiger partial charge on any atom is 0.257 e. The standard InChI is InChI=1S/C18H16BrN3O3S/c1-3-25-15-7-4-11(8-13(15)19)17(24)22-18-21-14-6-5-12(20-10(2)23)9-16(14)26-18/h4-9H,3H2,1-2H3,(H,20,23)(H,21,22,24). The average molecular weight is 434 g/mol. The van der Waals surface area contributed by atoms with Crippen LogP contribution in [0.15, 0.2) is 40.9 Å². The molecule has 0 unspecified atom stereocenters. The third-order valence-electron chi connectivity index (χ3n) is 3.42. The van der Waals surface area contributed by atoms with Crippen LogP contribution in [0.25, 0.3) is 10.2 Å². The molecule has 0 spiro atoms. The highest BCUT2D eigenvalue weighted by atomic mass is 79.9. The fourth-order valence-electron chi connectivity index (χ4n) is 2.34. The van der Waals surface area contributed by atoms with Crippen molar-refractivity contribution in [1.29, 1.82) is 0 Å². The summed E-state index contributed by atoms with van der Waals surface area (Å²) in [4.78, 5) is 28.0. The number of carbonyl (C=O) groups is 2. The Labute approximate surface area is 162 Å². The lowest BCUT2D eigenvalue weighted by Crippen LogP contribution is -2.11. The SMILES string of the molecule is CCOc1ccc(C(=O)Nc2nc3ccc(NC(C)=O)cc3s2)cc1Br. The van der Waals surface area contributed by atoms with Crippen LogP contribution in [-0.2, 0) is 4.79 Å². The fraction of sp³-hybridized carbons (Fsp3) is 0.167. The Kier molecular flexibility index (Phi) is 5.53. The molecule has 0 radical (unpaired) electrons. The zero-order chi connectivity index (χ0) is 18.7. The Morgan fingerprint density at radius 1 is 1.19 bits per heavy atom. The maximum atomic E-state index is 12.5. The number of hydrogen-bond acceptors (Lipinski definition) is 5. The van der Waals surface area contributed by atoms with Gasteiger partial charge in [0.25, 0.3) is 5.91 Å². The summed E-state index contributed by atoms with van der Waals surface area (Å²) in [5, 5.41) is 6.03. The number of carbonyl (C=O) groups excluding carboxylic acids is 2. The second-order valence-electron chi connectivity index (χ2n) is 5.42. The second-order valence-corrected chi connectivity index (χ2v) is 7.30. The molecule has 2 amide bonds. The van der Waals surface area contributed by atoms with Gasteiger partial charge in [0.05, 0.1) is 21.3 Å². The van der Waals surface area contributed by atoms with Crippen LogP contribution in [0.1, 0.15) is 24.2 Å². The van der Waals surface area contributed by atoms with Gasteiger partial charge < -0.3 is 10.1 Å². The predicted octanol–water partition coefficient (Wildman–Crippen LogP) is 4.67. The molecule has 134 valence electrons. The van der Waals surface area contributed by atoms with Crippen molar-refractivity contribution in [2.24, 2.45) is 0 Å².